The maximum absolute atomic E-state index is 2.52. The van der Waals surface area contributed by atoms with Gasteiger partial charge in [-0.3, -0.25) is 0 Å². The summed E-state index contributed by atoms with van der Waals surface area (Å²) in [7, 11) is 0. The standard InChI is InChI=1S/C48H40N2/c1-5-13-35(14-6-1)38-21-26-42(27-22-38)49(41-19-11-4-12-20-41)44-30-31-45-46-33-40(37-17-9-3-10-18-37)25-32-47(46)50(48(45)34-44)43-28-23-39(24-29-43)36-15-7-2-8-16-36/h2-5,7-21,23,25-28,30-34,38H,1,6,22,24,29H2. The Bertz CT molecular complexity index is 2380. The fraction of sp³-hybridized carbons (Fsp3) is 0.125. The SMILES string of the molecule is C1=CC(C2C=CC(N(c3ccccc3)c3ccc4c5cc(-c6ccccc6)ccc5n(C5=CC=C(c6ccccc6)CC5)c4c3)=CC2)=CCC1. The molecule has 0 aliphatic heterocycles. The Labute approximate surface area is 295 Å². The van der Waals surface area contributed by atoms with Crippen molar-refractivity contribution in [1.82, 2.24) is 4.57 Å². The highest BCUT2D eigenvalue weighted by molar-refractivity contribution is 6.12. The third kappa shape index (κ3) is 5.67. The van der Waals surface area contributed by atoms with Crippen LogP contribution in [0.2, 0.25) is 0 Å². The van der Waals surface area contributed by atoms with Crippen molar-refractivity contribution in [1.29, 1.82) is 0 Å². The quantitative estimate of drug-likeness (QED) is 0.168. The molecular weight excluding hydrogens is 605 g/mol. The van der Waals surface area contributed by atoms with Crippen molar-refractivity contribution >= 4 is 44.5 Å². The first kappa shape index (κ1) is 30.2. The zero-order chi connectivity index (χ0) is 33.3. The average molecular weight is 645 g/mol. The number of hydrogen-bond donors (Lipinski definition) is 0. The average Bonchev–Trinajstić information content (AvgIpc) is 3.53. The van der Waals surface area contributed by atoms with Crippen molar-refractivity contribution in [3.05, 3.63) is 193 Å². The summed E-state index contributed by atoms with van der Waals surface area (Å²) in [4.78, 5) is 2.43. The van der Waals surface area contributed by atoms with Crippen LogP contribution in [0.5, 0.6) is 0 Å². The lowest BCUT2D eigenvalue weighted by molar-refractivity contribution is 0.762. The molecule has 1 atom stereocenters. The van der Waals surface area contributed by atoms with Gasteiger partial charge in [0, 0.05) is 39.5 Å². The molecule has 0 fully saturated rings. The van der Waals surface area contributed by atoms with E-state index in [-0.39, 0.29) is 0 Å². The monoisotopic (exact) mass is 644 g/mol. The second-order valence-corrected chi connectivity index (χ2v) is 13.5. The van der Waals surface area contributed by atoms with Crippen LogP contribution in [0.3, 0.4) is 0 Å². The van der Waals surface area contributed by atoms with E-state index in [0.29, 0.717) is 5.92 Å². The molecule has 242 valence electrons. The van der Waals surface area contributed by atoms with Gasteiger partial charge in [-0.25, -0.2) is 0 Å². The molecule has 6 aromatic rings. The maximum atomic E-state index is 2.52. The molecule has 1 aromatic heterocycles. The number of nitrogens with zero attached hydrogens (tertiary/aromatic N) is 2. The van der Waals surface area contributed by atoms with Crippen LogP contribution in [-0.4, -0.2) is 4.57 Å². The molecule has 3 aliphatic rings. The molecule has 0 saturated carbocycles. The normalized spacial score (nSPS) is 17.3. The van der Waals surface area contributed by atoms with Gasteiger partial charge in [0.25, 0.3) is 0 Å². The minimum atomic E-state index is 0.434. The molecule has 1 unspecified atom stereocenters. The number of rotatable bonds is 7. The molecule has 0 N–H and O–H groups in total. The fourth-order valence-corrected chi connectivity index (χ4v) is 7.93. The maximum Gasteiger partial charge on any atom is 0.0558 e. The zero-order valence-corrected chi connectivity index (χ0v) is 28.3. The van der Waals surface area contributed by atoms with Crippen molar-refractivity contribution in [3.63, 3.8) is 0 Å². The van der Waals surface area contributed by atoms with Crippen molar-refractivity contribution in [2.45, 2.75) is 32.1 Å². The van der Waals surface area contributed by atoms with Crippen LogP contribution in [0.15, 0.2) is 187 Å². The van der Waals surface area contributed by atoms with E-state index in [1.165, 1.54) is 72.4 Å². The molecule has 3 aliphatic carbocycles. The van der Waals surface area contributed by atoms with Gasteiger partial charge < -0.3 is 9.47 Å². The van der Waals surface area contributed by atoms with Crippen molar-refractivity contribution in [3.8, 4) is 11.1 Å². The van der Waals surface area contributed by atoms with E-state index in [4.69, 9.17) is 0 Å². The third-order valence-electron chi connectivity index (χ3n) is 10.5. The predicted molar refractivity (Wildman–Crippen MR) is 213 cm³/mol. The second kappa shape index (κ2) is 13.2. The van der Waals surface area contributed by atoms with E-state index in [1.807, 2.05) is 0 Å². The number of fused-ring (bicyclic) bond motifs is 3. The van der Waals surface area contributed by atoms with Crippen LogP contribution in [0.4, 0.5) is 11.4 Å². The fourth-order valence-electron chi connectivity index (χ4n) is 7.93. The summed E-state index contributed by atoms with van der Waals surface area (Å²) < 4.78 is 2.52. The lowest BCUT2D eigenvalue weighted by Gasteiger charge is -2.29. The Morgan fingerprint density at radius 1 is 0.560 bits per heavy atom. The molecular formula is C48H40N2. The van der Waals surface area contributed by atoms with Crippen molar-refractivity contribution in [2.24, 2.45) is 5.92 Å². The first-order valence-electron chi connectivity index (χ1n) is 18.0. The van der Waals surface area contributed by atoms with E-state index in [2.05, 4.69) is 185 Å². The van der Waals surface area contributed by atoms with E-state index in [0.717, 1.165) is 32.1 Å². The first-order chi connectivity index (χ1) is 24.8. The number of benzene rings is 5. The Balaban J connectivity index is 1.19. The van der Waals surface area contributed by atoms with Crippen LogP contribution in [0.25, 0.3) is 44.2 Å². The van der Waals surface area contributed by atoms with Gasteiger partial charge in [0.15, 0.2) is 0 Å². The Morgan fingerprint density at radius 2 is 1.34 bits per heavy atom. The van der Waals surface area contributed by atoms with Gasteiger partial charge in [-0.05, 0) is 108 Å². The minimum absolute atomic E-state index is 0.434. The molecule has 50 heavy (non-hydrogen) atoms. The van der Waals surface area contributed by atoms with E-state index in [9.17, 15) is 0 Å². The van der Waals surface area contributed by atoms with Crippen LogP contribution < -0.4 is 4.90 Å². The number of aromatic nitrogens is 1. The minimum Gasteiger partial charge on any atom is -0.313 e. The Hall–Kier alpha value is -5.86. The Morgan fingerprint density at radius 3 is 2.04 bits per heavy atom. The molecule has 0 spiro atoms. The van der Waals surface area contributed by atoms with Gasteiger partial charge in [0.1, 0.15) is 0 Å². The van der Waals surface area contributed by atoms with Gasteiger partial charge in [-0.1, -0.05) is 127 Å². The number of para-hydroxylation sites is 1. The molecule has 0 saturated heterocycles. The van der Waals surface area contributed by atoms with Gasteiger partial charge in [-0.2, -0.15) is 0 Å². The molecule has 5 aromatic carbocycles. The molecule has 0 bridgehead atoms. The van der Waals surface area contributed by atoms with E-state index in [1.54, 1.807) is 0 Å². The van der Waals surface area contributed by atoms with Crippen molar-refractivity contribution in [2.75, 3.05) is 4.90 Å². The number of allylic oxidation sites excluding steroid dienone is 11. The highest BCUT2D eigenvalue weighted by atomic mass is 15.1. The summed E-state index contributed by atoms with van der Waals surface area (Å²) in [5.74, 6) is 0.434. The molecule has 2 heteroatoms. The second-order valence-electron chi connectivity index (χ2n) is 13.5. The highest BCUT2D eigenvalue weighted by Crippen LogP contribution is 2.42. The highest BCUT2D eigenvalue weighted by Gasteiger charge is 2.22. The van der Waals surface area contributed by atoms with E-state index < -0.39 is 0 Å². The molecule has 2 nitrogen and oxygen atoms in total. The largest absolute Gasteiger partial charge is 0.313 e. The molecule has 1 heterocycles. The summed E-state index contributed by atoms with van der Waals surface area (Å²) in [6.45, 7) is 0. The topological polar surface area (TPSA) is 8.17 Å². The third-order valence-corrected chi connectivity index (χ3v) is 10.5. The van der Waals surface area contributed by atoms with Gasteiger partial charge in [-0.15, -0.1) is 0 Å². The van der Waals surface area contributed by atoms with Crippen LogP contribution in [0, 0.1) is 5.92 Å². The summed E-state index contributed by atoms with van der Waals surface area (Å²) in [6.07, 6.45) is 24.2. The summed E-state index contributed by atoms with van der Waals surface area (Å²) in [5.41, 5.74) is 14.0. The smallest absolute Gasteiger partial charge is 0.0558 e. The summed E-state index contributed by atoms with van der Waals surface area (Å²) >= 11 is 0. The molecule has 0 amide bonds. The first-order valence-corrected chi connectivity index (χ1v) is 18.0. The lowest BCUT2D eigenvalue weighted by atomic mass is 9.88. The Kier molecular flexibility index (Phi) is 7.99. The van der Waals surface area contributed by atoms with Crippen LogP contribution in [-0.2, 0) is 0 Å². The zero-order valence-electron chi connectivity index (χ0n) is 28.3. The summed E-state index contributed by atoms with van der Waals surface area (Å²) in [5, 5.41) is 2.56. The number of hydrogen-bond acceptors (Lipinski definition) is 1. The number of anilines is 2. The predicted octanol–water partition coefficient (Wildman–Crippen LogP) is 13.1. The molecule has 9 rings (SSSR count). The van der Waals surface area contributed by atoms with Gasteiger partial charge in [0.05, 0.1) is 11.0 Å². The van der Waals surface area contributed by atoms with E-state index >= 15 is 0 Å². The van der Waals surface area contributed by atoms with Crippen LogP contribution in [0.1, 0.15) is 37.7 Å². The summed E-state index contributed by atoms with van der Waals surface area (Å²) in [6, 6.07) is 46.4. The van der Waals surface area contributed by atoms with Crippen LogP contribution >= 0.6 is 0 Å². The lowest BCUT2D eigenvalue weighted by Crippen LogP contribution is -2.18. The van der Waals surface area contributed by atoms with Gasteiger partial charge >= 0.3 is 0 Å². The van der Waals surface area contributed by atoms with Gasteiger partial charge in [0.2, 0.25) is 0 Å². The molecule has 0 radical (unpaired) electrons. The van der Waals surface area contributed by atoms with Crippen molar-refractivity contribution < 1.29 is 0 Å².